The van der Waals surface area contributed by atoms with Gasteiger partial charge in [-0.25, -0.2) is 4.98 Å². The molecule has 2 amide bonds. The van der Waals surface area contributed by atoms with Crippen LogP contribution in [0.5, 0.6) is 0 Å². The molecule has 0 spiro atoms. The van der Waals surface area contributed by atoms with E-state index >= 15 is 0 Å². The van der Waals surface area contributed by atoms with E-state index in [0.29, 0.717) is 12.1 Å². The number of amides is 2. The molecule has 26 heavy (non-hydrogen) atoms. The van der Waals surface area contributed by atoms with Crippen LogP contribution in [0.1, 0.15) is 30.8 Å². The van der Waals surface area contributed by atoms with E-state index in [1.807, 2.05) is 44.2 Å². The summed E-state index contributed by atoms with van der Waals surface area (Å²) < 4.78 is 0. The van der Waals surface area contributed by atoms with Crippen molar-refractivity contribution in [3.63, 3.8) is 0 Å². The number of piperazine rings is 1. The third-order valence-electron chi connectivity index (χ3n) is 4.51. The Morgan fingerprint density at radius 1 is 1.23 bits per heavy atom. The highest BCUT2D eigenvalue weighted by molar-refractivity contribution is 6.07. The number of hydrogen-bond acceptors (Lipinski definition) is 3. The van der Waals surface area contributed by atoms with Crippen molar-refractivity contribution in [3.8, 4) is 0 Å². The average Bonchev–Trinajstić information content (AvgIpc) is 3.09. The molecule has 6 nitrogen and oxygen atoms in total. The fourth-order valence-corrected chi connectivity index (χ4v) is 2.84. The second-order valence-electron chi connectivity index (χ2n) is 6.85. The highest BCUT2D eigenvalue weighted by atomic mass is 16.2. The van der Waals surface area contributed by atoms with Crippen LogP contribution < -0.4 is 10.6 Å². The molecule has 0 aliphatic carbocycles. The van der Waals surface area contributed by atoms with E-state index in [1.165, 1.54) is 0 Å². The first-order valence-corrected chi connectivity index (χ1v) is 8.45. The number of benzene rings is 1. The monoisotopic (exact) mass is 350 g/mol. The van der Waals surface area contributed by atoms with Gasteiger partial charge in [0.15, 0.2) is 0 Å². The maximum atomic E-state index is 12.4. The summed E-state index contributed by atoms with van der Waals surface area (Å²) in [4.78, 5) is 32.2. The van der Waals surface area contributed by atoms with Crippen LogP contribution in [0.2, 0.25) is 0 Å². The molecule has 0 saturated carbocycles. The number of hydrogen-bond donors (Lipinski definition) is 3. The van der Waals surface area contributed by atoms with Gasteiger partial charge >= 0.3 is 0 Å². The molecule has 1 aromatic heterocycles. The Bertz CT molecular complexity index is 865. The van der Waals surface area contributed by atoms with Gasteiger partial charge < -0.3 is 15.6 Å². The molecular formula is C20H22N4O2. The molecule has 6 heteroatoms. The molecule has 1 aliphatic heterocycles. The van der Waals surface area contributed by atoms with E-state index in [2.05, 4.69) is 27.2 Å². The van der Waals surface area contributed by atoms with E-state index in [0.717, 1.165) is 11.3 Å². The molecule has 3 N–H and O–H groups in total. The molecular weight excluding hydrogens is 328 g/mol. The first kappa shape index (κ1) is 17.7. The van der Waals surface area contributed by atoms with Crippen LogP contribution in [-0.2, 0) is 21.4 Å². The van der Waals surface area contributed by atoms with Crippen molar-refractivity contribution in [1.29, 1.82) is 0 Å². The summed E-state index contributed by atoms with van der Waals surface area (Å²) >= 11 is 0. The van der Waals surface area contributed by atoms with Crippen molar-refractivity contribution in [2.24, 2.45) is 0 Å². The van der Waals surface area contributed by atoms with Crippen LogP contribution >= 0.6 is 0 Å². The zero-order valence-electron chi connectivity index (χ0n) is 14.9. The van der Waals surface area contributed by atoms with Gasteiger partial charge in [-0.1, -0.05) is 50.3 Å². The van der Waals surface area contributed by atoms with Crippen LogP contribution in [0.25, 0.3) is 6.08 Å². The predicted molar refractivity (Wildman–Crippen MR) is 100 cm³/mol. The third kappa shape index (κ3) is 3.59. The molecule has 1 fully saturated rings. The summed E-state index contributed by atoms with van der Waals surface area (Å²) in [5.41, 5.74) is 2.26. The number of nitrogens with zero attached hydrogens (tertiary/aromatic N) is 1. The Morgan fingerprint density at radius 2 is 1.96 bits per heavy atom. The maximum absolute atomic E-state index is 12.4. The van der Waals surface area contributed by atoms with Gasteiger partial charge in [0.05, 0.1) is 17.7 Å². The predicted octanol–water partition coefficient (Wildman–Crippen LogP) is 2.07. The standard InChI is InChI=1S/C20H22N4O2/c1-4-20(2,3)17-14(21-12-22-17)11-16-19(26)23-15(18(25)24-16)10-13-8-6-5-7-9-13/h4-9,11-12,15H,1,10H2,2-3H3,(H,21,22)(H,23,26)(H,24,25)/b16-11+/t15-/m1/s1. The Hall–Kier alpha value is -3.15. The number of H-pyrrole nitrogens is 1. The number of nitrogens with one attached hydrogen (secondary N) is 3. The smallest absolute Gasteiger partial charge is 0.268 e. The normalized spacial score (nSPS) is 19.2. The van der Waals surface area contributed by atoms with Crippen molar-refractivity contribution < 1.29 is 9.59 Å². The number of imidazole rings is 1. The van der Waals surface area contributed by atoms with Gasteiger partial charge in [0.2, 0.25) is 5.91 Å². The highest BCUT2D eigenvalue weighted by Crippen LogP contribution is 2.26. The Kier molecular flexibility index (Phi) is 4.75. The summed E-state index contributed by atoms with van der Waals surface area (Å²) in [5, 5.41) is 5.47. The third-order valence-corrected chi connectivity index (χ3v) is 4.51. The lowest BCUT2D eigenvalue weighted by atomic mass is 9.88. The van der Waals surface area contributed by atoms with E-state index < -0.39 is 6.04 Å². The number of allylic oxidation sites excluding steroid dienone is 1. The molecule has 1 atom stereocenters. The number of aromatic amines is 1. The largest absolute Gasteiger partial charge is 0.347 e. The Balaban J connectivity index is 1.79. The Labute approximate surface area is 152 Å². The van der Waals surface area contributed by atoms with E-state index in [4.69, 9.17) is 0 Å². The molecule has 0 bridgehead atoms. The van der Waals surface area contributed by atoms with Crippen LogP contribution in [-0.4, -0.2) is 27.8 Å². The minimum Gasteiger partial charge on any atom is -0.347 e. The number of aromatic nitrogens is 2. The molecule has 0 radical (unpaired) electrons. The molecule has 2 aromatic rings. The van der Waals surface area contributed by atoms with E-state index in [9.17, 15) is 9.59 Å². The SMILES string of the molecule is C=CC(C)(C)c1[nH]cnc1/C=C1/NC(=O)[C@@H](Cc2ccccc2)NC1=O. The lowest BCUT2D eigenvalue weighted by Gasteiger charge is -2.25. The molecule has 1 aliphatic rings. The lowest BCUT2D eigenvalue weighted by molar-refractivity contribution is -0.131. The van der Waals surface area contributed by atoms with E-state index in [1.54, 1.807) is 18.5 Å². The molecule has 1 aromatic carbocycles. The topological polar surface area (TPSA) is 86.9 Å². The van der Waals surface area contributed by atoms with Crippen LogP contribution in [0.3, 0.4) is 0 Å². The average molecular weight is 350 g/mol. The van der Waals surface area contributed by atoms with Gasteiger partial charge in [0.1, 0.15) is 11.7 Å². The summed E-state index contributed by atoms with van der Waals surface area (Å²) in [7, 11) is 0. The van der Waals surface area contributed by atoms with Gasteiger partial charge in [0.25, 0.3) is 5.91 Å². The molecule has 2 heterocycles. The quantitative estimate of drug-likeness (QED) is 0.570. The van der Waals surface area contributed by atoms with E-state index in [-0.39, 0.29) is 22.9 Å². The van der Waals surface area contributed by atoms with Crippen LogP contribution in [0, 0.1) is 0 Å². The molecule has 0 unspecified atom stereocenters. The maximum Gasteiger partial charge on any atom is 0.268 e. The zero-order chi connectivity index (χ0) is 18.7. The summed E-state index contributed by atoms with van der Waals surface area (Å²) in [5.74, 6) is -0.560. The van der Waals surface area contributed by atoms with Crippen molar-refractivity contribution >= 4 is 17.9 Å². The van der Waals surface area contributed by atoms with Crippen molar-refractivity contribution in [3.05, 3.63) is 72.0 Å². The van der Waals surface area contributed by atoms with Crippen LogP contribution in [0.4, 0.5) is 0 Å². The zero-order valence-corrected chi connectivity index (χ0v) is 14.9. The fourth-order valence-electron chi connectivity index (χ4n) is 2.84. The van der Waals surface area contributed by atoms with Crippen LogP contribution in [0.15, 0.2) is 55.0 Å². The molecule has 134 valence electrons. The molecule has 3 rings (SSSR count). The van der Waals surface area contributed by atoms with Gasteiger partial charge in [0, 0.05) is 11.8 Å². The minimum absolute atomic E-state index is 0.188. The molecule has 1 saturated heterocycles. The van der Waals surface area contributed by atoms with Gasteiger partial charge in [-0.2, -0.15) is 0 Å². The van der Waals surface area contributed by atoms with Crippen molar-refractivity contribution in [2.75, 3.05) is 0 Å². The first-order valence-electron chi connectivity index (χ1n) is 8.45. The first-order chi connectivity index (χ1) is 12.4. The van der Waals surface area contributed by atoms with Crippen molar-refractivity contribution in [1.82, 2.24) is 20.6 Å². The summed E-state index contributed by atoms with van der Waals surface area (Å²) in [6.07, 6.45) is 5.40. The van der Waals surface area contributed by atoms with Gasteiger partial charge in [-0.3, -0.25) is 9.59 Å². The summed E-state index contributed by atoms with van der Waals surface area (Å²) in [6, 6.07) is 8.99. The second kappa shape index (κ2) is 7.00. The number of carbonyl (C=O) groups is 2. The fraction of sp³-hybridized carbons (Fsp3) is 0.250. The number of rotatable bonds is 5. The lowest BCUT2D eigenvalue weighted by Crippen LogP contribution is -2.55. The van der Waals surface area contributed by atoms with Gasteiger partial charge in [-0.05, 0) is 11.6 Å². The Morgan fingerprint density at radius 3 is 2.65 bits per heavy atom. The summed E-state index contributed by atoms with van der Waals surface area (Å²) in [6.45, 7) is 7.82. The second-order valence-corrected chi connectivity index (χ2v) is 6.85. The van der Waals surface area contributed by atoms with Gasteiger partial charge in [-0.15, -0.1) is 6.58 Å². The number of carbonyl (C=O) groups excluding carboxylic acids is 2. The highest BCUT2D eigenvalue weighted by Gasteiger charge is 2.30. The van der Waals surface area contributed by atoms with Crippen molar-refractivity contribution in [2.45, 2.75) is 31.7 Å². The minimum atomic E-state index is -0.592.